The fourth-order valence-corrected chi connectivity index (χ4v) is 2.80. The van der Waals surface area contributed by atoms with Gasteiger partial charge in [-0.05, 0) is 30.9 Å². The van der Waals surface area contributed by atoms with Gasteiger partial charge >= 0.3 is 0 Å². The zero-order chi connectivity index (χ0) is 9.73. The second-order valence-electron chi connectivity index (χ2n) is 3.99. The molecule has 0 bridgehead atoms. The van der Waals surface area contributed by atoms with Crippen LogP contribution >= 0.6 is 11.8 Å². The van der Waals surface area contributed by atoms with Gasteiger partial charge in [0.15, 0.2) is 0 Å². The fraction of sp³-hybridized carbons (Fsp3) is 1.00. The average Bonchev–Trinajstić information content (AvgIpc) is 2.95. The maximum atomic E-state index is 10.1. The van der Waals surface area contributed by atoms with E-state index in [2.05, 4.69) is 6.92 Å². The molecule has 1 fully saturated rings. The molecule has 1 rings (SSSR count). The summed E-state index contributed by atoms with van der Waals surface area (Å²) in [5.41, 5.74) is 5.04. The van der Waals surface area contributed by atoms with Gasteiger partial charge in [0.25, 0.3) is 0 Å². The number of hydrogen-bond acceptors (Lipinski definition) is 3. The third kappa shape index (κ3) is 3.49. The van der Waals surface area contributed by atoms with E-state index in [1.807, 2.05) is 11.8 Å². The van der Waals surface area contributed by atoms with E-state index in [1.165, 1.54) is 25.7 Å². The third-order valence-corrected chi connectivity index (χ3v) is 3.97. The first-order chi connectivity index (χ1) is 6.23. The highest BCUT2D eigenvalue weighted by Crippen LogP contribution is 2.40. The van der Waals surface area contributed by atoms with Crippen molar-refractivity contribution in [3.63, 3.8) is 0 Å². The highest BCUT2D eigenvalue weighted by molar-refractivity contribution is 7.99. The van der Waals surface area contributed by atoms with Crippen LogP contribution in [0.5, 0.6) is 0 Å². The predicted molar refractivity (Wildman–Crippen MR) is 59.0 cm³/mol. The molecule has 1 unspecified atom stereocenters. The van der Waals surface area contributed by atoms with Crippen molar-refractivity contribution < 1.29 is 5.11 Å². The monoisotopic (exact) mass is 203 g/mol. The molecular weight excluding hydrogens is 182 g/mol. The molecule has 0 heterocycles. The molecule has 1 saturated carbocycles. The van der Waals surface area contributed by atoms with Crippen LogP contribution in [0.1, 0.15) is 32.6 Å². The van der Waals surface area contributed by atoms with Crippen LogP contribution < -0.4 is 5.73 Å². The summed E-state index contributed by atoms with van der Waals surface area (Å²) in [5, 5.41) is 10.1. The van der Waals surface area contributed by atoms with Gasteiger partial charge in [0, 0.05) is 12.3 Å². The Kier molecular flexibility index (Phi) is 4.56. The summed E-state index contributed by atoms with van der Waals surface area (Å²) in [7, 11) is 0. The number of hydrogen-bond donors (Lipinski definition) is 2. The average molecular weight is 203 g/mol. The Balaban J connectivity index is 2.15. The lowest BCUT2D eigenvalue weighted by molar-refractivity contribution is 0.0510. The molecule has 0 saturated heterocycles. The van der Waals surface area contributed by atoms with E-state index in [0.717, 1.165) is 11.5 Å². The van der Waals surface area contributed by atoms with Crippen LogP contribution in [0.4, 0.5) is 0 Å². The summed E-state index contributed by atoms with van der Waals surface area (Å²) >= 11 is 1.85. The van der Waals surface area contributed by atoms with E-state index in [0.29, 0.717) is 12.5 Å². The maximum Gasteiger partial charge on any atom is 0.0887 e. The molecule has 0 aromatic carbocycles. The third-order valence-electron chi connectivity index (χ3n) is 2.68. The fourth-order valence-electron chi connectivity index (χ4n) is 1.46. The number of unbranched alkanes of at least 4 members (excludes halogenated alkanes) is 1. The molecule has 0 aromatic rings. The molecule has 1 aliphatic rings. The van der Waals surface area contributed by atoms with Crippen molar-refractivity contribution in [2.45, 2.75) is 38.2 Å². The van der Waals surface area contributed by atoms with Crippen LogP contribution in [-0.2, 0) is 0 Å². The molecule has 1 atom stereocenters. The van der Waals surface area contributed by atoms with Crippen LogP contribution in [-0.4, -0.2) is 28.8 Å². The Morgan fingerprint density at radius 3 is 2.69 bits per heavy atom. The van der Waals surface area contributed by atoms with E-state index >= 15 is 0 Å². The summed E-state index contributed by atoms with van der Waals surface area (Å²) in [5.74, 6) is 2.48. The Bertz CT molecular complexity index is 150. The summed E-state index contributed by atoms with van der Waals surface area (Å²) in [6.45, 7) is 2.62. The van der Waals surface area contributed by atoms with E-state index in [4.69, 9.17) is 5.73 Å². The van der Waals surface area contributed by atoms with Crippen molar-refractivity contribution in [1.82, 2.24) is 0 Å². The van der Waals surface area contributed by atoms with Gasteiger partial charge in [-0.15, -0.1) is 0 Å². The standard InChI is InChI=1S/C10H21NOS/c1-2-3-6-13-8-10(12,7-11)9-4-5-9/h9,12H,2-8,11H2,1H3. The van der Waals surface area contributed by atoms with Crippen LogP contribution in [0, 0.1) is 5.92 Å². The molecule has 0 aliphatic heterocycles. The van der Waals surface area contributed by atoms with E-state index in [-0.39, 0.29) is 0 Å². The van der Waals surface area contributed by atoms with Crippen molar-refractivity contribution in [1.29, 1.82) is 0 Å². The van der Waals surface area contributed by atoms with Crippen molar-refractivity contribution in [2.75, 3.05) is 18.1 Å². The van der Waals surface area contributed by atoms with Crippen molar-refractivity contribution in [2.24, 2.45) is 11.7 Å². The Morgan fingerprint density at radius 2 is 2.23 bits per heavy atom. The van der Waals surface area contributed by atoms with Crippen molar-refractivity contribution in [3.05, 3.63) is 0 Å². The molecule has 0 radical (unpaired) electrons. The second kappa shape index (κ2) is 5.23. The van der Waals surface area contributed by atoms with E-state index < -0.39 is 5.60 Å². The second-order valence-corrected chi connectivity index (χ2v) is 5.09. The van der Waals surface area contributed by atoms with Crippen LogP contribution in [0.25, 0.3) is 0 Å². The predicted octanol–water partition coefficient (Wildman–Crippen LogP) is 1.62. The number of nitrogens with two attached hydrogens (primary N) is 1. The molecule has 0 amide bonds. The van der Waals surface area contributed by atoms with E-state index in [1.54, 1.807) is 0 Å². The largest absolute Gasteiger partial charge is 0.387 e. The maximum absolute atomic E-state index is 10.1. The number of thioether (sulfide) groups is 1. The molecule has 0 aromatic heterocycles. The summed E-state index contributed by atoms with van der Waals surface area (Å²) in [6.07, 6.45) is 4.82. The summed E-state index contributed by atoms with van der Waals surface area (Å²) in [4.78, 5) is 0. The molecule has 0 spiro atoms. The lowest BCUT2D eigenvalue weighted by Crippen LogP contribution is -2.42. The first kappa shape index (κ1) is 11.3. The highest BCUT2D eigenvalue weighted by atomic mass is 32.2. The summed E-state index contributed by atoms with van der Waals surface area (Å²) in [6, 6.07) is 0. The topological polar surface area (TPSA) is 46.2 Å². The van der Waals surface area contributed by atoms with Gasteiger partial charge in [0.05, 0.1) is 5.60 Å². The van der Waals surface area contributed by atoms with Gasteiger partial charge in [-0.1, -0.05) is 13.3 Å². The molecular formula is C10H21NOS. The van der Waals surface area contributed by atoms with Gasteiger partial charge in [0.2, 0.25) is 0 Å². The van der Waals surface area contributed by atoms with E-state index in [9.17, 15) is 5.11 Å². The van der Waals surface area contributed by atoms with Crippen LogP contribution in [0.3, 0.4) is 0 Å². The van der Waals surface area contributed by atoms with Crippen molar-refractivity contribution in [3.8, 4) is 0 Å². The van der Waals surface area contributed by atoms with Gasteiger partial charge in [-0.25, -0.2) is 0 Å². The quantitative estimate of drug-likeness (QED) is 0.618. The first-order valence-corrected chi connectivity index (χ1v) is 6.38. The number of rotatable bonds is 7. The van der Waals surface area contributed by atoms with Gasteiger partial charge in [-0.3, -0.25) is 0 Å². The smallest absolute Gasteiger partial charge is 0.0887 e. The molecule has 78 valence electrons. The van der Waals surface area contributed by atoms with Gasteiger partial charge in [-0.2, -0.15) is 11.8 Å². The molecule has 3 N–H and O–H groups in total. The Labute approximate surface area is 85.3 Å². The minimum Gasteiger partial charge on any atom is -0.387 e. The lowest BCUT2D eigenvalue weighted by atomic mass is 10.0. The SMILES string of the molecule is CCCCSCC(O)(CN)C1CC1. The Hall–Kier alpha value is 0.270. The first-order valence-electron chi connectivity index (χ1n) is 5.23. The zero-order valence-electron chi connectivity index (χ0n) is 8.46. The Morgan fingerprint density at radius 1 is 1.54 bits per heavy atom. The molecule has 2 nitrogen and oxygen atoms in total. The van der Waals surface area contributed by atoms with Crippen LogP contribution in [0.2, 0.25) is 0 Å². The van der Waals surface area contributed by atoms with Crippen LogP contribution in [0.15, 0.2) is 0 Å². The molecule has 3 heteroatoms. The zero-order valence-corrected chi connectivity index (χ0v) is 9.28. The summed E-state index contributed by atoms with van der Waals surface area (Å²) < 4.78 is 0. The molecule has 13 heavy (non-hydrogen) atoms. The minimum atomic E-state index is -0.557. The molecule has 1 aliphatic carbocycles. The van der Waals surface area contributed by atoms with Gasteiger partial charge < -0.3 is 10.8 Å². The lowest BCUT2D eigenvalue weighted by Gasteiger charge is -2.25. The normalized spacial score (nSPS) is 21.5. The number of aliphatic hydroxyl groups is 1. The minimum absolute atomic E-state index is 0.427. The van der Waals surface area contributed by atoms with Crippen molar-refractivity contribution >= 4 is 11.8 Å². The highest BCUT2D eigenvalue weighted by Gasteiger charge is 2.42. The van der Waals surface area contributed by atoms with Gasteiger partial charge in [0.1, 0.15) is 0 Å².